The molecule has 3 N–H and O–H groups in total. The number of hydrogen-bond donors (Lipinski definition) is 2. The van der Waals surface area contributed by atoms with Crippen molar-refractivity contribution >= 4 is 11.6 Å². The Kier molecular flexibility index (Phi) is 4.02. The van der Waals surface area contributed by atoms with Gasteiger partial charge in [0.2, 0.25) is 5.91 Å². The van der Waals surface area contributed by atoms with Gasteiger partial charge in [0.1, 0.15) is 0 Å². The van der Waals surface area contributed by atoms with Crippen LogP contribution in [-0.4, -0.2) is 11.9 Å². The summed E-state index contributed by atoms with van der Waals surface area (Å²) in [6.45, 7) is 0. The number of primary amides is 1. The molecule has 0 spiro atoms. The van der Waals surface area contributed by atoms with Crippen LogP contribution < -0.4 is 11.1 Å². The predicted octanol–water partition coefficient (Wildman–Crippen LogP) is 2.46. The number of carbonyl (C=O) groups is 1. The number of hydrogen-bond acceptors (Lipinski definition) is 2. The maximum atomic E-state index is 10.8. The molecule has 0 bridgehead atoms. The van der Waals surface area contributed by atoms with E-state index in [1.54, 1.807) is 0 Å². The highest BCUT2D eigenvalue weighted by atomic mass is 16.1. The number of nitrogens with one attached hydrogen (secondary N) is 1. The van der Waals surface area contributed by atoms with Crippen molar-refractivity contribution in [2.75, 3.05) is 5.32 Å². The van der Waals surface area contributed by atoms with E-state index in [0.29, 0.717) is 12.5 Å². The Hall–Kier alpha value is -1.51. The van der Waals surface area contributed by atoms with E-state index in [9.17, 15) is 4.79 Å². The van der Waals surface area contributed by atoms with Gasteiger partial charge in [0, 0.05) is 11.7 Å². The summed E-state index contributed by atoms with van der Waals surface area (Å²) in [6, 6.07) is 8.62. The third kappa shape index (κ3) is 3.77. The lowest BCUT2D eigenvalue weighted by molar-refractivity contribution is -0.117. The van der Waals surface area contributed by atoms with Gasteiger partial charge in [0.15, 0.2) is 0 Å². The maximum Gasteiger partial charge on any atom is 0.221 e. The van der Waals surface area contributed by atoms with E-state index in [2.05, 4.69) is 5.32 Å². The van der Waals surface area contributed by atoms with Crippen molar-refractivity contribution < 1.29 is 4.79 Å². The molecule has 1 aliphatic rings. The molecule has 0 unspecified atom stereocenters. The topological polar surface area (TPSA) is 55.1 Å². The first-order valence-corrected chi connectivity index (χ1v) is 6.38. The zero-order valence-corrected chi connectivity index (χ0v) is 10.1. The second-order valence-corrected chi connectivity index (χ2v) is 4.82. The third-order valence-electron chi connectivity index (χ3n) is 3.31. The molecular weight excluding hydrogens is 212 g/mol. The summed E-state index contributed by atoms with van der Waals surface area (Å²) in [4.78, 5) is 10.8. The van der Waals surface area contributed by atoms with Crippen molar-refractivity contribution in [3.63, 3.8) is 0 Å². The summed E-state index contributed by atoms with van der Waals surface area (Å²) in [5.41, 5.74) is 7.28. The minimum Gasteiger partial charge on any atom is -0.382 e. The lowest BCUT2D eigenvalue weighted by Gasteiger charge is -2.23. The Morgan fingerprint density at radius 2 is 1.82 bits per heavy atom. The molecule has 0 aliphatic heterocycles. The molecule has 92 valence electrons. The fourth-order valence-electron chi connectivity index (χ4n) is 2.40. The fourth-order valence-corrected chi connectivity index (χ4v) is 2.40. The normalized spacial score (nSPS) is 16.7. The van der Waals surface area contributed by atoms with Crippen LogP contribution in [0, 0.1) is 0 Å². The minimum atomic E-state index is -0.280. The van der Waals surface area contributed by atoms with Gasteiger partial charge in [-0.1, -0.05) is 31.4 Å². The average Bonchev–Trinajstić information content (AvgIpc) is 2.32. The highest BCUT2D eigenvalue weighted by Crippen LogP contribution is 2.21. The summed E-state index contributed by atoms with van der Waals surface area (Å²) in [5, 5.41) is 3.55. The van der Waals surface area contributed by atoms with Crippen molar-refractivity contribution in [2.24, 2.45) is 5.73 Å². The van der Waals surface area contributed by atoms with Crippen LogP contribution in [0.4, 0.5) is 5.69 Å². The van der Waals surface area contributed by atoms with Crippen LogP contribution in [0.2, 0.25) is 0 Å². The molecule has 3 heteroatoms. The molecule has 0 saturated heterocycles. The fraction of sp³-hybridized carbons (Fsp3) is 0.500. The quantitative estimate of drug-likeness (QED) is 0.837. The Balaban J connectivity index is 1.90. The number of amides is 1. The smallest absolute Gasteiger partial charge is 0.221 e. The van der Waals surface area contributed by atoms with Crippen molar-refractivity contribution in [3.05, 3.63) is 29.8 Å². The van der Waals surface area contributed by atoms with Gasteiger partial charge in [-0.25, -0.2) is 0 Å². The van der Waals surface area contributed by atoms with Crippen LogP contribution in [0.15, 0.2) is 24.3 Å². The zero-order chi connectivity index (χ0) is 12.1. The standard InChI is InChI=1S/C14H20N2O/c15-14(17)10-11-6-8-13(9-7-11)16-12-4-2-1-3-5-12/h6-9,12,16H,1-5,10H2,(H2,15,17). The highest BCUT2D eigenvalue weighted by Gasteiger charge is 2.12. The predicted molar refractivity (Wildman–Crippen MR) is 69.8 cm³/mol. The Morgan fingerprint density at radius 3 is 2.41 bits per heavy atom. The van der Waals surface area contributed by atoms with Gasteiger partial charge in [0.25, 0.3) is 0 Å². The molecule has 1 saturated carbocycles. The largest absolute Gasteiger partial charge is 0.382 e. The first-order chi connectivity index (χ1) is 8.24. The molecule has 0 atom stereocenters. The summed E-state index contributed by atoms with van der Waals surface area (Å²) >= 11 is 0. The van der Waals surface area contributed by atoms with Gasteiger partial charge in [-0.15, -0.1) is 0 Å². The van der Waals surface area contributed by atoms with E-state index >= 15 is 0 Å². The molecule has 1 aromatic carbocycles. The van der Waals surface area contributed by atoms with Gasteiger partial charge in [-0.2, -0.15) is 0 Å². The molecule has 0 aromatic heterocycles. The lowest BCUT2D eigenvalue weighted by Crippen LogP contribution is -2.22. The third-order valence-corrected chi connectivity index (χ3v) is 3.31. The van der Waals surface area contributed by atoms with Gasteiger partial charge in [0.05, 0.1) is 6.42 Å². The van der Waals surface area contributed by atoms with E-state index in [-0.39, 0.29) is 5.91 Å². The molecule has 17 heavy (non-hydrogen) atoms. The first kappa shape index (κ1) is 12.0. The molecule has 1 amide bonds. The molecule has 0 radical (unpaired) electrons. The Bertz CT molecular complexity index is 366. The van der Waals surface area contributed by atoms with E-state index in [4.69, 9.17) is 5.73 Å². The molecule has 1 aromatic rings. The van der Waals surface area contributed by atoms with E-state index in [1.165, 1.54) is 32.1 Å². The van der Waals surface area contributed by atoms with Crippen LogP contribution in [0.25, 0.3) is 0 Å². The molecule has 3 nitrogen and oxygen atoms in total. The monoisotopic (exact) mass is 232 g/mol. The van der Waals surface area contributed by atoms with Crippen molar-refractivity contribution in [1.82, 2.24) is 0 Å². The Labute approximate surface area is 102 Å². The number of anilines is 1. The number of nitrogens with two attached hydrogens (primary N) is 1. The minimum absolute atomic E-state index is 0.280. The van der Waals surface area contributed by atoms with Crippen LogP contribution in [0.5, 0.6) is 0 Å². The molecule has 1 fully saturated rings. The SMILES string of the molecule is NC(=O)Cc1ccc(NC2CCCCC2)cc1. The molecule has 0 heterocycles. The van der Waals surface area contributed by atoms with Crippen molar-refractivity contribution in [2.45, 2.75) is 44.6 Å². The zero-order valence-electron chi connectivity index (χ0n) is 10.1. The second-order valence-electron chi connectivity index (χ2n) is 4.82. The molecule has 1 aliphatic carbocycles. The Morgan fingerprint density at radius 1 is 1.18 bits per heavy atom. The maximum absolute atomic E-state index is 10.8. The van der Waals surface area contributed by atoms with Crippen LogP contribution in [0.3, 0.4) is 0 Å². The summed E-state index contributed by atoms with van der Waals surface area (Å²) in [7, 11) is 0. The first-order valence-electron chi connectivity index (χ1n) is 6.38. The van der Waals surface area contributed by atoms with Gasteiger partial charge >= 0.3 is 0 Å². The van der Waals surface area contributed by atoms with Crippen LogP contribution in [0.1, 0.15) is 37.7 Å². The summed E-state index contributed by atoms with van der Waals surface area (Å²) in [6.07, 6.45) is 6.89. The van der Waals surface area contributed by atoms with Crippen LogP contribution in [-0.2, 0) is 11.2 Å². The van der Waals surface area contributed by atoms with Crippen molar-refractivity contribution in [1.29, 1.82) is 0 Å². The molecular formula is C14H20N2O. The molecule has 2 rings (SSSR count). The number of rotatable bonds is 4. The second kappa shape index (κ2) is 5.71. The van der Waals surface area contributed by atoms with Gasteiger partial charge in [-0.3, -0.25) is 4.79 Å². The average molecular weight is 232 g/mol. The van der Waals surface area contributed by atoms with E-state index in [0.717, 1.165) is 11.3 Å². The van der Waals surface area contributed by atoms with E-state index in [1.807, 2.05) is 24.3 Å². The highest BCUT2D eigenvalue weighted by molar-refractivity contribution is 5.76. The van der Waals surface area contributed by atoms with Gasteiger partial charge < -0.3 is 11.1 Å². The number of benzene rings is 1. The summed E-state index contributed by atoms with van der Waals surface area (Å²) < 4.78 is 0. The van der Waals surface area contributed by atoms with Crippen molar-refractivity contribution in [3.8, 4) is 0 Å². The number of carbonyl (C=O) groups excluding carboxylic acids is 1. The van der Waals surface area contributed by atoms with Gasteiger partial charge in [-0.05, 0) is 30.5 Å². The summed E-state index contributed by atoms with van der Waals surface area (Å²) in [5.74, 6) is -0.280. The lowest BCUT2D eigenvalue weighted by atomic mass is 9.95. The van der Waals surface area contributed by atoms with E-state index < -0.39 is 0 Å². The van der Waals surface area contributed by atoms with Crippen LogP contribution >= 0.6 is 0 Å².